The molecule has 0 aliphatic carbocycles. The summed E-state index contributed by atoms with van der Waals surface area (Å²) in [6.45, 7) is 3.04. The molecule has 5 heterocycles. The van der Waals surface area contributed by atoms with Gasteiger partial charge >= 0.3 is 0 Å². The van der Waals surface area contributed by atoms with Gasteiger partial charge in [-0.05, 0) is 42.8 Å². The summed E-state index contributed by atoms with van der Waals surface area (Å²) < 4.78 is 39.7. The van der Waals surface area contributed by atoms with Crippen molar-refractivity contribution in [2.45, 2.75) is 19.1 Å². The van der Waals surface area contributed by atoms with Gasteiger partial charge in [-0.3, -0.25) is 9.10 Å². The predicted molar refractivity (Wildman–Crippen MR) is 156 cm³/mol. The van der Waals surface area contributed by atoms with Crippen LogP contribution in [0.5, 0.6) is 11.5 Å². The Morgan fingerprint density at radius 2 is 1.88 bits per heavy atom. The predicted octanol–water partition coefficient (Wildman–Crippen LogP) is 3.18. The summed E-state index contributed by atoms with van der Waals surface area (Å²) in [7, 11) is -3.60. The number of amides is 1. The van der Waals surface area contributed by atoms with Crippen LogP contribution in [0.1, 0.15) is 28.4 Å². The Morgan fingerprint density at radius 3 is 2.69 bits per heavy atom. The molecule has 2 aliphatic heterocycles. The number of nitrogens with one attached hydrogen (secondary N) is 1. The summed E-state index contributed by atoms with van der Waals surface area (Å²) in [6.07, 6.45) is 6.48. The van der Waals surface area contributed by atoms with Crippen LogP contribution in [-0.4, -0.2) is 50.6 Å². The topological polar surface area (TPSA) is 141 Å². The Bertz CT molecular complexity index is 1750. The van der Waals surface area contributed by atoms with Crippen molar-refractivity contribution in [3.8, 4) is 11.5 Å². The van der Waals surface area contributed by atoms with Crippen molar-refractivity contribution in [1.82, 2.24) is 9.97 Å². The van der Waals surface area contributed by atoms with Crippen LogP contribution in [0.3, 0.4) is 0 Å². The monoisotopic (exact) mass is 588 g/mol. The largest absolute Gasteiger partial charge is 0.619 e. The number of fused-ring (bicyclic) bond motifs is 3. The van der Waals surface area contributed by atoms with Crippen molar-refractivity contribution in [2.75, 3.05) is 40.8 Å². The summed E-state index contributed by atoms with van der Waals surface area (Å²) in [5, 5.41) is 14.1. The minimum absolute atomic E-state index is 0.113. The fourth-order valence-corrected chi connectivity index (χ4v) is 6.71. The van der Waals surface area contributed by atoms with Gasteiger partial charge in [0.25, 0.3) is 5.91 Å². The maximum Gasteiger partial charge on any atom is 0.259 e. The van der Waals surface area contributed by atoms with Crippen molar-refractivity contribution in [2.24, 2.45) is 0 Å². The van der Waals surface area contributed by atoms with Gasteiger partial charge in [0.05, 0.1) is 30.1 Å². The molecule has 0 bridgehead atoms. The van der Waals surface area contributed by atoms with Crippen LogP contribution in [0.2, 0.25) is 0 Å². The quantitative estimate of drug-likeness (QED) is 0.231. The van der Waals surface area contributed by atoms with Crippen molar-refractivity contribution in [3.05, 3.63) is 95.2 Å². The number of anilines is 4. The lowest BCUT2D eigenvalue weighted by Gasteiger charge is -2.21. The SMILES string of the molecule is CCN1c2ncccc2NC(=O)c2cc(CCOc3cccc4c3CS(=O)(=O)N4CCOc3cc[n+]([O-])cc3)cnc21. The lowest BCUT2D eigenvalue weighted by molar-refractivity contribution is -0.605. The Kier molecular flexibility index (Phi) is 7.25. The molecule has 0 atom stereocenters. The van der Waals surface area contributed by atoms with Crippen LogP contribution >= 0.6 is 0 Å². The van der Waals surface area contributed by atoms with E-state index in [1.54, 1.807) is 42.7 Å². The zero-order chi connectivity index (χ0) is 29.3. The minimum Gasteiger partial charge on any atom is -0.619 e. The number of carbonyl (C=O) groups excluding carboxylic acids is 1. The first-order valence-corrected chi connectivity index (χ1v) is 15.0. The van der Waals surface area contributed by atoms with E-state index >= 15 is 0 Å². The van der Waals surface area contributed by atoms with E-state index < -0.39 is 10.0 Å². The highest BCUT2D eigenvalue weighted by atomic mass is 32.2. The Balaban J connectivity index is 1.13. The molecule has 1 N–H and O–H groups in total. The molecule has 0 spiro atoms. The van der Waals surface area contributed by atoms with E-state index in [9.17, 15) is 18.4 Å². The number of pyridine rings is 3. The molecule has 12 nitrogen and oxygen atoms in total. The molecule has 4 aromatic rings. The molecule has 2 aliphatic rings. The van der Waals surface area contributed by atoms with Crippen LogP contribution in [0.4, 0.5) is 23.0 Å². The molecule has 216 valence electrons. The number of aromatic nitrogens is 3. The second-order valence-electron chi connectivity index (χ2n) is 9.71. The van der Waals surface area contributed by atoms with Crippen molar-refractivity contribution in [3.63, 3.8) is 0 Å². The van der Waals surface area contributed by atoms with E-state index in [0.717, 1.165) is 5.56 Å². The number of hydrogen-bond acceptors (Lipinski definition) is 9. The van der Waals surface area contributed by atoms with Crippen molar-refractivity contribution >= 4 is 38.9 Å². The van der Waals surface area contributed by atoms with Crippen molar-refractivity contribution in [1.29, 1.82) is 0 Å². The highest BCUT2D eigenvalue weighted by Gasteiger charge is 2.35. The first-order valence-electron chi connectivity index (χ1n) is 13.4. The average Bonchev–Trinajstić information content (AvgIpc) is 3.18. The number of benzene rings is 1. The van der Waals surface area contributed by atoms with Crippen LogP contribution in [0.25, 0.3) is 0 Å². The molecule has 0 saturated carbocycles. The van der Waals surface area contributed by atoms with Gasteiger partial charge in [-0.1, -0.05) is 6.07 Å². The number of nitrogens with zero attached hydrogens (tertiary/aromatic N) is 5. The number of rotatable bonds is 9. The number of hydrogen-bond donors (Lipinski definition) is 1. The maximum absolute atomic E-state index is 13.0. The Morgan fingerprint density at radius 1 is 1.05 bits per heavy atom. The van der Waals surface area contributed by atoms with E-state index in [1.165, 1.54) is 28.8 Å². The van der Waals surface area contributed by atoms with Crippen LogP contribution in [0, 0.1) is 5.21 Å². The summed E-state index contributed by atoms with van der Waals surface area (Å²) in [5.41, 5.74) is 3.02. The second-order valence-corrected chi connectivity index (χ2v) is 11.6. The molecule has 42 heavy (non-hydrogen) atoms. The highest BCUT2D eigenvalue weighted by Crippen LogP contribution is 2.39. The fourth-order valence-electron chi connectivity index (χ4n) is 5.08. The molecule has 1 aromatic carbocycles. The van der Waals surface area contributed by atoms with Crippen LogP contribution in [-0.2, 0) is 22.2 Å². The van der Waals surface area contributed by atoms with E-state index in [1.807, 2.05) is 17.9 Å². The molecule has 0 radical (unpaired) electrons. The van der Waals surface area contributed by atoms with Gasteiger partial charge in [-0.2, -0.15) is 4.73 Å². The molecule has 0 unspecified atom stereocenters. The molecular weight excluding hydrogens is 560 g/mol. The summed E-state index contributed by atoms with van der Waals surface area (Å²) in [6, 6.07) is 13.7. The van der Waals surface area contributed by atoms with Gasteiger partial charge < -0.3 is 24.9 Å². The molecule has 13 heteroatoms. The maximum atomic E-state index is 13.0. The zero-order valence-corrected chi connectivity index (χ0v) is 23.6. The minimum atomic E-state index is -3.60. The molecule has 1 amide bonds. The van der Waals surface area contributed by atoms with Gasteiger partial charge in [0.2, 0.25) is 10.0 Å². The Labute approximate surface area is 242 Å². The molecule has 0 saturated heterocycles. The number of carbonyl (C=O) groups is 1. The number of sulfonamides is 1. The van der Waals surface area contributed by atoms with Gasteiger partial charge in [0.15, 0.2) is 18.2 Å². The number of ether oxygens (including phenoxy) is 2. The van der Waals surface area contributed by atoms with Gasteiger partial charge in [0.1, 0.15) is 29.7 Å². The summed E-state index contributed by atoms with van der Waals surface area (Å²) in [4.78, 5) is 24.0. The highest BCUT2D eigenvalue weighted by molar-refractivity contribution is 7.92. The average molecular weight is 589 g/mol. The van der Waals surface area contributed by atoms with Gasteiger partial charge in [-0.25, -0.2) is 18.4 Å². The van der Waals surface area contributed by atoms with E-state index in [4.69, 9.17) is 9.47 Å². The van der Waals surface area contributed by atoms with Crippen LogP contribution in [0.15, 0.2) is 73.3 Å². The third-order valence-electron chi connectivity index (χ3n) is 7.05. The second kappa shape index (κ2) is 11.2. The zero-order valence-electron chi connectivity index (χ0n) is 22.8. The molecule has 3 aromatic heterocycles. The molecule has 0 fully saturated rings. The summed E-state index contributed by atoms with van der Waals surface area (Å²) in [5.74, 6) is 1.70. The van der Waals surface area contributed by atoms with Gasteiger partial charge in [-0.15, -0.1) is 0 Å². The third kappa shape index (κ3) is 5.26. The van der Waals surface area contributed by atoms with Crippen molar-refractivity contribution < 1.29 is 27.4 Å². The van der Waals surface area contributed by atoms with E-state index in [2.05, 4.69) is 15.3 Å². The lowest BCUT2D eigenvalue weighted by Crippen LogP contribution is -2.31. The molecular formula is C29H28N6O6S. The van der Waals surface area contributed by atoms with Crippen LogP contribution < -0.4 is 28.7 Å². The standard InChI is InChI=1S/C29H28N6O6S/c1-2-34-27-22(29(36)32-24-5-4-11-30-28(24)34)17-20(18-31-27)10-15-41-26-7-3-6-25-23(26)19-42(38,39)35(25)14-16-40-21-8-12-33(37)13-9-21/h3-9,11-13,17-18H,2,10,14-16,19H2,1H3,(H,32,36). The lowest BCUT2D eigenvalue weighted by atomic mass is 10.1. The van der Waals surface area contributed by atoms with E-state index in [0.29, 0.717) is 63.3 Å². The third-order valence-corrected chi connectivity index (χ3v) is 8.76. The first kappa shape index (κ1) is 27.3. The smallest absolute Gasteiger partial charge is 0.259 e. The summed E-state index contributed by atoms with van der Waals surface area (Å²) >= 11 is 0. The normalized spacial score (nSPS) is 14.8. The Hall–Kier alpha value is -4.91. The molecule has 6 rings (SSSR count). The first-order chi connectivity index (χ1) is 20.3. The fraction of sp³-hybridized carbons (Fsp3) is 0.241. The van der Waals surface area contributed by atoms with E-state index in [-0.39, 0.29) is 31.4 Å². The van der Waals surface area contributed by atoms with Gasteiger partial charge in [0, 0.05) is 43.1 Å².